The first-order valence-electron chi connectivity index (χ1n) is 5.75. The molecule has 8 nitrogen and oxygen atoms in total. The van der Waals surface area contributed by atoms with Crippen LogP contribution in [0, 0.1) is 0 Å². The summed E-state index contributed by atoms with van der Waals surface area (Å²) < 4.78 is 27.4. The van der Waals surface area contributed by atoms with Crippen LogP contribution in [0.4, 0.5) is 13.6 Å². The van der Waals surface area contributed by atoms with Gasteiger partial charge in [-0.25, -0.2) is 9.59 Å². The van der Waals surface area contributed by atoms with Gasteiger partial charge in [-0.3, -0.25) is 4.79 Å². The number of carboxylic acids is 2. The minimum atomic E-state index is -2.94. The van der Waals surface area contributed by atoms with Crippen molar-refractivity contribution in [2.75, 3.05) is 6.54 Å². The Morgan fingerprint density at radius 1 is 1.27 bits per heavy atom. The molecular formula is C12H14F2N2O6. The van der Waals surface area contributed by atoms with Gasteiger partial charge in [-0.2, -0.15) is 8.78 Å². The summed E-state index contributed by atoms with van der Waals surface area (Å²) in [4.78, 5) is 30.1. The fourth-order valence-electron chi connectivity index (χ4n) is 1.10. The topological polar surface area (TPSA) is 139 Å². The number of halogens is 2. The molecule has 0 aliphatic heterocycles. The molecule has 0 spiro atoms. The Kier molecular flexibility index (Phi) is 8.60. The molecule has 0 heterocycles. The third kappa shape index (κ3) is 9.95. The summed E-state index contributed by atoms with van der Waals surface area (Å²) in [6.45, 7) is -2.85. The Hall–Kier alpha value is -2.91. The number of rotatable bonds is 6. The van der Waals surface area contributed by atoms with E-state index in [1.165, 1.54) is 18.2 Å². The van der Waals surface area contributed by atoms with E-state index in [0.717, 1.165) is 6.07 Å². The SMILES string of the molecule is NC(=O)NCCC(=O)O.O=C(O)c1cccc(OC(F)F)c1. The molecule has 1 aromatic rings. The molecule has 0 aliphatic rings. The molecule has 0 bridgehead atoms. The average Bonchev–Trinajstić information content (AvgIpc) is 2.38. The first-order valence-corrected chi connectivity index (χ1v) is 5.75. The second-order valence-corrected chi connectivity index (χ2v) is 3.65. The van der Waals surface area contributed by atoms with Crippen LogP contribution in [0.5, 0.6) is 5.75 Å². The van der Waals surface area contributed by atoms with Crippen LogP contribution in [-0.4, -0.2) is 41.3 Å². The largest absolute Gasteiger partial charge is 0.481 e. The molecule has 2 amide bonds. The number of carbonyl (C=O) groups is 3. The minimum Gasteiger partial charge on any atom is -0.481 e. The monoisotopic (exact) mass is 320 g/mol. The number of aliphatic carboxylic acids is 1. The predicted octanol–water partition coefficient (Wildman–Crippen LogP) is 1.12. The number of benzene rings is 1. The molecule has 1 rings (SSSR count). The number of hydrogen-bond acceptors (Lipinski definition) is 4. The number of primary amides is 1. The Balaban J connectivity index is 0.000000433. The summed E-state index contributed by atoms with van der Waals surface area (Å²) in [6.07, 6.45) is -0.0943. The number of nitrogens with two attached hydrogens (primary N) is 1. The smallest absolute Gasteiger partial charge is 0.387 e. The molecule has 10 heteroatoms. The number of carbonyl (C=O) groups excluding carboxylic acids is 1. The maximum absolute atomic E-state index is 11.7. The van der Waals surface area contributed by atoms with Gasteiger partial charge in [0.1, 0.15) is 5.75 Å². The van der Waals surface area contributed by atoms with Crippen molar-refractivity contribution in [1.29, 1.82) is 0 Å². The molecule has 0 saturated heterocycles. The van der Waals surface area contributed by atoms with E-state index in [9.17, 15) is 23.2 Å². The van der Waals surface area contributed by atoms with E-state index in [1.807, 2.05) is 0 Å². The molecule has 0 unspecified atom stereocenters. The normalized spacial score (nSPS) is 9.41. The van der Waals surface area contributed by atoms with Crippen LogP contribution >= 0.6 is 0 Å². The summed E-state index contributed by atoms with van der Waals surface area (Å²) in [7, 11) is 0. The van der Waals surface area contributed by atoms with Crippen LogP contribution in [0.25, 0.3) is 0 Å². The zero-order valence-corrected chi connectivity index (χ0v) is 11.2. The number of alkyl halides is 2. The van der Waals surface area contributed by atoms with Gasteiger partial charge in [0.25, 0.3) is 0 Å². The molecule has 0 saturated carbocycles. The summed E-state index contributed by atoms with van der Waals surface area (Å²) in [5.41, 5.74) is 4.55. The van der Waals surface area contributed by atoms with Crippen molar-refractivity contribution in [3.63, 3.8) is 0 Å². The first-order chi connectivity index (χ1) is 10.2. The number of nitrogens with one attached hydrogen (secondary N) is 1. The lowest BCUT2D eigenvalue weighted by atomic mass is 10.2. The molecule has 0 fully saturated rings. The van der Waals surface area contributed by atoms with Gasteiger partial charge in [0.2, 0.25) is 0 Å². The lowest BCUT2D eigenvalue weighted by molar-refractivity contribution is -0.136. The molecule has 1 aromatic carbocycles. The minimum absolute atomic E-state index is 0.0850. The van der Waals surface area contributed by atoms with Gasteiger partial charge in [0, 0.05) is 6.54 Å². The van der Waals surface area contributed by atoms with Crippen molar-refractivity contribution >= 4 is 18.0 Å². The van der Waals surface area contributed by atoms with E-state index in [-0.39, 0.29) is 24.3 Å². The van der Waals surface area contributed by atoms with Crippen LogP contribution in [-0.2, 0) is 4.79 Å². The van der Waals surface area contributed by atoms with E-state index in [0.29, 0.717) is 0 Å². The fourth-order valence-corrected chi connectivity index (χ4v) is 1.10. The average molecular weight is 320 g/mol. The van der Waals surface area contributed by atoms with Crippen LogP contribution in [0.15, 0.2) is 24.3 Å². The maximum Gasteiger partial charge on any atom is 0.387 e. The summed E-state index contributed by atoms with van der Waals surface area (Å²) in [6, 6.07) is 4.23. The van der Waals surface area contributed by atoms with E-state index in [2.05, 4.69) is 15.8 Å². The van der Waals surface area contributed by atoms with Gasteiger partial charge >= 0.3 is 24.6 Å². The number of hydrogen-bond donors (Lipinski definition) is 4. The maximum atomic E-state index is 11.7. The second kappa shape index (κ2) is 9.91. The molecule has 0 atom stereocenters. The number of urea groups is 1. The third-order valence-electron chi connectivity index (χ3n) is 1.94. The Bertz CT molecular complexity index is 510. The van der Waals surface area contributed by atoms with Crippen molar-refractivity contribution in [2.24, 2.45) is 5.73 Å². The highest BCUT2D eigenvalue weighted by Gasteiger charge is 2.07. The Labute approximate surface area is 123 Å². The van der Waals surface area contributed by atoms with Gasteiger partial charge in [0.05, 0.1) is 12.0 Å². The fraction of sp³-hybridized carbons (Fsp3) is 0.250. The highest BCUT2D eigenvalue weighted by atomic mass is 19.3. The van der Waals surface area contributed by atoms with Crippen LogP contribution < -0.4 is 15.8 Å². The molecule has 122 valence electrons. The van der Waals surface area contributed by atoms with Gasteiger partial charge in [-0.15, -0.1) is 0 Å². The van der Waals surface area contributed by atoms with Crippen molar-refractivity contribution < 1.29 is 38.1 Å². The van der Waals surface area contributed by atoms with E-state index >= 15 is 0 Å². The standard InChI is InChI=1S/C8H6F2O3.C4H8N2O3/c9-8(10)13-6-3-1-2-5(4-6)7(11)12;5-4(9)6-2-1-3(7)8/h1-4,8H,(H,11,12);1-2H2,(H,7,8)(H3,5,6,9). The van der Waals surface area contributed by atoms with Crippen molar-refractivity contribution in [1.82, 2.24) is 5.32 Å². The molecule has 0 radical (unpaired) electrons. The number of amides is 2. The highest BCUT2D eigenvalue weighted by molar-refractivity contribution is 5.88. The van der Waals surface area contributed by atoms with Crippen LogP contribution in [0.3, 0.4) is 0 Å². The number of ether oxygens (including phenoxy) is 1. The Morgan fingerprint density at radius 3 is 2.36 bits per heavy atom. The highest BCUT2D eigenvalue weighted by Crippen LogP contribution is 2.15. The first kappa shape index (κ1) is 19.1. The second-order valence-electron chi connectivity index (χ2n) is 3.65. The molecular weight excluding hydrogens is 306 g/mol. The quantitative estimate of drug-likeness (QED) is 0.619. The Morgan fingerprint density at radius 2 is 1.91 bits per heavy atom. The van der Waals surface area contributed by atoms with Crippen LogP contribution in [0.2, 0.25) is 0 Å². The third-order valence-corrected chi connectivity index (χ3v) is 1.94. The van der Waals surface area contributed by atoms with Gasteiger partial charge in [-0.05, 0) is 18.2 Å². The molecule has 0 aliphatic carbocycles. The summed E-state index contributed by atoms with van der Waals surface area (Å²) in [5.74, 6) is -2.29. The predicted molar refractivity (Wildman–Crippen MR) is 69.9 cm³/mol. The van der Waals surface area contributed by atoms with Crippen LogP contribution in [0.1, 0.15) is 16.8 Å². The summed E-state index contributed by atoms with van der Waals surface area (Å²) >= 11 is 0. The van der Waals surface area contributed by atoms with E-state index in [4.69, 9.17) is 10.2 Å². The molecule has 0 aromatic heterocycles. The van der Waals surface area contributed by atoms with Gasteiger partial charge in [-0.1, -0.05) is 6.07 Å². The molecule has 22 heavy (non-hydrogen) atoms. The zero-order chi connectivity index (χ0) is 17.1. The molecule has 5 N–H and O–H groups in total. The summed E-state index contributed by atoms with van der Waals surface area (Å²) in [5, 5.41) is 18.7. The lowest BCUT2D eigenvalue weighted by Crippen LogP contribution is -2.31. The number of aromatic carboxylic acids is 1. The van der Waals surface area contributed by atoms with E-state index < -0.39 is 24.6 Å². The number of carboxylic acid groups (broad SMARTS) is 2. The zero-order valence-electron chi connectivity index (χ0n) is 11.2. The van der Waals surface area contributed by atoms with Gasteiger partial charge < -0.3 is 26.0 Å². The van der Waals surface area contributed by atoms with Crippen molar-refractivity contribution in [2.45, 2.75) is 13.0 Å². The van der Waals surface area contributed by atoms with Crippen molar-refractivity contribution in [3.05, 3.63) is 29.8 Å². The van der Waals surface area contributed by atoms with E-state index in [1.54, 1.807) is 0 Å². The van der Waals surface area contributed by atoms with Crippen molar-refractivity contribution in [3.8, 4) is 5.75 Å². The lowest BCUT2D eigenvalue weighted by Gasteiger charge is -2.03. The van der Waals surface area contributed by atoms with Gasteiger partial charge in [0.15, 0.2) is 0 Å².